The van der Waals surface area contributed by atoms with Gasteiger partial charge in [-0.15, -0.1) is 0 Å². The maximum absolute atomic E-state index is 13.2. The number of phenolic OH excluding ortho intramolecular Hbond substituents is 1. The Morgan fingerprint density at radius 1 is 1.33 bits per heavy atom. The Bertz CT molecular complexity index is 345. The van der Waals surface area contributed by atoms with Gasteiger partial charge in [0.25, 0.3) is 0 Å². The number of halogens is 3. The molecule has 0 aliphatic rings. The number of rotatable bonds is 3. The molecular weight excluding hydrogens is 211 g/mol. The third kappa shape index (κ3) is 2.21. The molecule has 0 aliphatic heterocycles. The van der Waals surface area contributed by atoms with Gasteiger partial charge in [-0.05, 0) is 7.05 Å². The lowest BCUT2D eigenvalue weighted by Crippen LogP contribution is -2.19. The van der Waals surface area contributed by atoms with E-state index in [2.05, 4.69) is 5.32 Å². The molecule has 6 heteroatoms. The molecule has 0 saturated heterocycles. The van der Waals surface area contributed by atoms with Crippen LogP contribution >= 0.6 is 0 Å². The zero-order valence-corrected chi connectivity index (χ0v) is 7.89. The Hall–Kier alpha value is -1.27. The molecule has 1 aromatic carbocycles. The topological polar surface area (TPSA) is 52.5 Å². The van der Waals surface area contributed by atoms with Crippen LogP contribution < -0.4 is 5.32 Å². The third-order valence-electron chi connectivity index (χ3n) is 1.90. The van der Waals surface area contributed by atoms with E-state index in [1.165, 1.54) is 7.05 Å². The van der Waals surface area contributed by atoms with Crippen LogP contribution in [-0.2, 0) is 0 Å². The number of hydrogen-bond donors (Lipinski definition) is 3. The Morgan fingerprint density at radius 3 is 2.47 bits per heavy atom. The van der Waals surface area contributed by atoms with Gasteiger partial charge in [-0.25, -0.2) is 13.2 Å². The fraction of sp³-hybridized carbons (Fsp3) is 0.333. The highest BCUT2D eigenvalue weighted by atomic mass is 19.2. The summed E-state index contributed by atoms with van der Waals surface area (Å²) < 4.78 is 39.1. The first-order valence-electron chi connectivity index (χ1n) is 4.18. The van der Waals surface area contributed by atoms with Crippen molar-refractivity contribution in [3.63, 3.8) is 0 Å². The summed E-state index contributed by atoms with van der Waals surface area (Å²) in [7, 11) is 1.46. The number of aromatic hydroxyl groups is 1. The van der Waals surface area contributed by atoms with E-state index >= 15 is 0 Å². The summed E-state index contributed by atoms with van der Waals surface area (Å²) in [6, 6.07) is 0.320. The molecule has 1 rings (SSSR count). The molecule has 15 heavy (non-hydrogen) atoms. The first-order chi connectivity index (χ1) is 6.99. The molecule has 0 bridgehead atoms. The number of likely N-dealkylation sites (N-methyl/N-ethyl adjacent to an activating group) is 1. The Kier molecular flexibility index (Phi) is 3.54. The van der Waals surface area contributed by atoms with Gasteiger partial charge in [-0.3, -0.25) is 0 Å². The maximum atomic E-state index is 13.2. The highest BCUT2D eigenvalue weighted by Gasteiger charge is 2.23. The predicted molar refractivity (Wildman–Crippen MR) is 46.9 cm³/mol. The average Bonchev–Trinajstić information content (AvgIpc) is 2.16. The van der Waals surface area contributed by atoms with Crippen LogP contribution in [0.25, 0.3) is 0 Å². The summed E-state index contributed by atoms with van der Waals surface area (Å²) in [5.74, 6) is -5.28. The molecule has 0 aromatic heterocycles. The van der Waals surface area contributed by atoms with Crippen molar-refractivity contribution >= 4 is 0 Å². The first kappa shape index (κ1) is 11.8. The fourth-order valence-electron chi connectivity index (χ4n) is 1.20. The van der Waals surface area contributed by atoms with Crippen molar-refractivity contribution in [3.05, 3.63) is 29.1 Å². The van der Waals surface area contributed by atoms with Crippen LogP contribution in [0, 0.1) is 17.5 Å². The molecule has 0 heterocycles. The van der Waals surface area contributed by atoms with Crippen molar-refractivity contribution in [1.29, 1.82) is 0 Å². The molecule has 0 spiro atoms. The van der Waals surface area contributed by atoms with E-state index in [4.69, 9.17) is 5.11 Å². The Balaban J connectivity index is 3.26. The number of aliphatic hydroxyl groups excluding tert-OH is 1. The van der Waals surface area contributed by atoms with Crippen LogP contribution in [0.2, 0.25) is 0 Å². The van der Waals surface area contributed by atoms with E-state index in [1.807, 2.05) is 0 Å². The van der Waals surface area contributed by atoms with E-state index in [1.54, 1.807) is 0 Å². The summed E-state index contributed by atoms with van der Waals surface area (Å²) in [6.45, 7) is -0.156. The van der Waals surface area contributed by atoms with Crippen molar-refractivity contribution < 1.29 is 23.4 Å². The number of hydrogen-bond acceptors (Lipinski definition) is 3. The lowest BCUT2D eigenvalue weighted by atomic mass is 10.1. The van der Waals surface area contributed by atoms with Crippen molar-refractivity contribution in [3.8, 4) is 5.75 Å². The standard InChI is InChI=1S/C9H10F3NO2/c1-13-3-6(15)7-8(11)4(10)2-5(14)9(7)12/h2,6,13-15H,3H2,1H3. The van der Waals surface area contributed by atoms with Crippen molar-refractivity contribution in [1.82, 2.24) is 5.32 Å². The normalized spacial score (nSPS) is 12.9. The van der Waals surface area contributed by atoms with Crippen LogP contribution in [0.4, 0.5) is 13.2 Å². The summed E-state index contributed by atoms with van der Waals surface area (Å²) in [4.78, 5) is 0. The molecule has 1 atom stereocenters. The summed E-state index contributed by atoms with van der Waals surface area (Å²) >= 11 is 0. The van der Waals surface area contributed by atoms with Gasteiger partial charge >= 0.3 is 0 Å². The van der Waals surface area contributed by atoms with E-state index in [0.717, 1.165) is 0 Å². The van der Waals surface area contributed by atoms with E-state index in [9.17, 15) is 18.3 Å². The van der Waals surface area contributed by atoms with Gasteiger partial charge in [0.05, 0.1) is 11.7 Å². The van der Waals surface area contributed by atoms with Gasteiger partial charge in [0.1, 0.15) is 0 Å². The van der Waals surface area contributed by atoms with Gasteiger partial charge in [-0.1, -0.05) is 0 Å². The van der Waals surface area contributed by atoms with Crippen LogP contribution in [0.1, 0.15) is 11.7 Å². The largest absolute Gasteiger partial charge is 0.505 e. The van der Waals surface area contributed by atoms with Crippen LogP contribution in [-0.4, -0.2) is 23.8 Å². The van der Waals surface area contributed by atoms with Crippen LogP contribution in [0.15, 0.2) is 6.07 Å². The molecule has 1 aromatic rings. The SMILES string of the molecule is CNCC(O)c1c(F)c(O)cc(F)c1F. The lowest BCUT2D eigenvalue weighted by molar-refractivity contribution is 0.165. The number of aliphatic hydroxyl groups is 1. The second-order valence-electron chi connectivity index (χ2n) is 2.99. The molecule has 0 fully saturated rings. The van der Waals surface area contributed by atoms with E-state index < -0.39 is 34.9 Å². The highest BCUT2D eigenvalue weighted by molar-refractivity contribution is 5.33. The van der Waals surface area contributed by atoms with Crippen molar-refractivity contribution in [2.45, 2.75) is 6.10 Å². The highest BCUT2D eigenvalue weighted by Crippen LogP contribution is 2.28. The molecule has 3 N–H and O–H groups in total. The second kappa shape index (κ2) is 4.50. The molecule has 0 amide bonds. The minimum atomic E-state index is -1.56. The molecule has 0 saturated carbocycles. The number of nitrogens with one attached hydrogen (secondary N) is 1. The smallest absolute Gasteiger partial charge is 0.173 e. The molecule has 1 unspecified atom stereocenters. The molecule has 3 nitrogen and oxygen atoms in total. The second-order valence-corrected chi connectivity index (χ2v) is 2.99. The summed E-state index contributed by atoms with van der Waals surface area (Å²) in [6.07, 6.45) is -1.56. The Labute approximate surface area is 84.2 Å². The van der Waals surface area contributed by atoms with Gasteiger partial charge in [0.15, 0.2) is 23.2 Å². The summed E-state index contributed by atoms with van der Waals surface area (Å²) in [5, 5.41) is 20.7. The molecule has 84 valence electrons. The quantitative estimate of drug-likeness (QED) is 0.669. The van der Waals surface area contributed by atoms with Crippen LogP contribution in [0.3, 0.4) is 0 Å². The lowest BCUT2D eigenvalue weighted by Gasteiger charge is -2.13. The van der Waals surface area contributed by atoms with Gasteiger partial charge in [-0.2, -0.15) is 0 Å². The first-order valence-corrected chi connectivity index (χ1v) is 4.18. The van der Waals surface area contributed by atoms with Gasteiger partial charge in [0, 0.05) is 12.6 Å². The molecular formula is C9H10F3NO2. The third-order valence-corrected chi connectivity index (χ3v) is 1.90. The maximum Gasteiger partial charge on any atom is 0.173 e. The average molecular weight is 221 g/mol. The minimum Gasteiger partial charge on any atom is -0.505 e. The van der Waals surface area contributed by atoms with Crippen molar-refractivity contribution in [2.24, 2.45) is 0 Å². The predicted octanol–water partition coefficient (Wildman–Crippen LogP) is 1.06. The fourth-order valence-corrected chi connectivity index (χ4v) is 1.20. The minimum absolute atomic E-state index is 0.156. The van der Waals surface area contributed by atoms with E-state index in [-0.39, 0.29) is 6.54 Å². The van der Waals surface area contributed by atoms with Crippen molar-refractivity contribution in [2.75, 3.05) is 13.6 Å². The number of phenols is 1. The zero-order valence-electron chi connectivity index (χ0n) is 7.89. The van der Waals surface area contributed by atoms with E-state index in [0.29, 0.717) is 6.07 Å². The Morgan fingerprint density at radius 2 is 1.93 bits per heavy atom. The van der Waals surface area contributed by atoms with Gasteiger partial charge in [0.2, 0.25) is 0 Å². The van der Waals surface area contributed by atoms with Gasteiger partial charge < -0.3 is 15.5 Å². The van der Waals surface area contributed by atoms with Crippen LogP contribution in [0.5, 0.6) is 5.75 Å². The molecule has 0 aliphatic carbocycles. The zero-order chi connectivity index (χ0) is 11.6. The molecule has 0 radical (unpaired) electrons. The summed E-state index contributed by atoms with van der Waals surface area (Å²) in [5.41, 5.74) is -0.873. The number of benzene rings is 1. The monoisotopic (exact) mass is 221 g/mol.